The molecule has 5 aliphatic rings. The van der Waals surface area contributed by atoms with E-state index >= 15 is 0 Å². The second-order valence-corrected chi connectivity index (χ2v) is 12.3. The molecule has 6 nitrogen and oxygen atoms in total. The van der Waals surface area contributed by atoms with E-state index in [-0.39, 0.29) is 16.5 Å². The summed E-state index contributed by atoms with van der Waals surface area (Å²) in [6.45, 7) is 0. The normalized spacial score (nSPS) is 44.0. The summed E-state index contributed by atoms with van der Waals surface area (Å²) in [4.78, 5) is 35.9. The second-order valence-electron chi connectivity index (χ2n) is 9.00. The Morgan fingerprint density at radius 1 is 0.909 bits per heavy atom. The van der Waals surface area contributed by atoms with E-state index < -0.39 is 67.7 Å². The average Bonchev–Trinajstić information content (AvgIpc) is 3.47. The maximum absolute atomic E-state index is 13.3. The van der Waals surface area contributed by atoms with Crippen molar-refractivity contribution >= 4 is 87.3 Å². The van der Waals surface area contributed by atoms with Crippen LogP contribution in [-0.2, 0) is 25.5 Å². The van der Waals surface area contributed by atoms with Crippen LogP contribution in [0.5, 0.6) is 0 Å². The lowest BCUT2D eigenvalue weighted by atomic mass is 9.65. The van der Waals surface area contributed by atoms with Crippen molar-refractivity contribution < 1.29 is 19.1 Å². The fourth-order valence-corrected chi connectivity index (χ4v) is 9.41. The molecule has 3 amide bonds. The monoisotopic (exact) mass is 568 g/mol. The number of nitrogens with zero attached hydrogens (tertiary/aromatic N) is 1. The molecule has 2 aliphatic carbocycles. The summed E-state index contributed by atoms with van der Waals surface area (Å²) in [5.74, 6) is -4.69. The number of carbonyl (C=O) groups is 3. The van der Waals surface area contributed by atoms with E-state index in [2.05, 4.69) is 5.43 Å². The van der Waals surface area contributed by atoms with Crippen molar-refractivity contribution in [3.8, 4) is 0 Å². The molecule has 4 bridgehead atoms. The van der Waals surface area contributed by atoms with E-state index in [9.17, 15) is 14.4 Å². The van der Waals surface area contributed by atoms with E-state index in [1.54, 1.807) is 24.3 Å². The van der Waals surface area contributed by atoms with Crippen LogP contribution in [0, 0.1) is 23.7 Å². The molecule has 0 aromatic heterocycles. The molecule has 0 radical (unpaired) electrons. The Bertz CT molecular complexity index is 1100. The molecule has 0 unspecified atom stereocenters. The van der Waals surface area contributed by atoms with Crippen molar-refractivity contribution in [3.05, 3.63) is 46.0 Å². The fourth-order valence-electron chi connectivity index (χ4n) is 6.35. The molecule has 3 saturated heterocycles. The Morgan fingerprint density at radius 2 is 1.39 bits per heavy atom. The predicted molar refractivity (Wildman–Crippen MR) is 123 cm³/mol. The van der Waals surface area contributed by atoms with Gasteiger partial charge in [0.25, 0.3) is 11.8 Å². The first-order chi connectivity index (χ1) is 15.5. The average molecular weight is 571 g/mol. The first-order valence-corrected chi connectivity index (χ1v) is 12.4. The summed E-state index contributed by atoms with van der Waals surface area (Å²) < 4.78 is 4.31. The molecule has 3 aliphatic heterocycles. The number of nitrogens with one attached hydrogen (secondary N) is 1. The minimum Gasteiger partial charge on any atom is -0.373 e. The molecule has 6 rings (SSSR count). The number of hydrazine groups is 1. The summed E-state index contributed by atoms with van der Waals surface area (Å²) in [7, 11) is 0. The van der Waals surface area contributed by atoms with Crippen molar-refractivity contribution in [3.63, 3.8) is 0 Å². The van der Waals surface area contributed by atoms with Crippen molar-refractivity contribution in [2.45, 2.75) is 32.7 Å². The number of ether oxygens (including phenoxy) is 1. The van der Waals surface area contributed by atoms with Crippen LogP contribution in [0.15, 0.2) is 40.4 Å². The third-order valence-corrected chi connectivity index (χ3v) is 11.9. The largest absolute Gasteiger partial charge is 0.373 e. The third kappa shape index (κ3) is 2.42. The van der Waals surface area contributed by atoms with Gasteiger partial charge in [0.1, 0.15) is 9.75 Å². The molecule has 0 spiro atoms. The zero-order chi connectivity index (χ0) is 23.7. The molecular weight excluding hydrogens is 557 g/mol. The zero-order valence-corrected chi connectivity index (χ0v) is 20.9. The number of benzene rings is 1. The Labute approximate surface area is 218 Å². The Balaban J connectivity index is 1.31. The van der Waals surface area contributed by atoms with Gasteiger partial charge in [0.15, 0.2) is 4.33 Å². The molecule has 4 fully saturated rings. The summed E-state index contributed by atoms with van der Waals surface area (Å²) in [5, 5.41) is 0.813. The van der Waals surface area contributed by atoms with Crippen LogP contribution in [0.2, 0.25) is 0 Å². The number of allylic oxidation sites excluding steroid dienone is 2. The van der Waals surface area contributed by atoms with Gasteiger partial charge < -0.3 is 4.74 Å². The van der Waals surface area contributed by atoms with E-state index in [0.29, 0.717) is 0 Å². The van der Waals surface area contributed by atoms with Gasteiger partial charge in [-0.05, 0) is 5.56 Å². The van der Waals surface area contributed by atoms with Gasteiger partial charge in [-0.3, -0.25) is 19.8 Å². The van der Waals surface area contributed by atoms with Crippen molar-refractivity contribution in [2.75, 3.05) is 0 Å². The fraction of sp³-hybridized carbons (Fsp3) is 0.476. The first kappa shape index (κ1) is 22.7. The van der Waals surface area contributed by atoms with Crippen LogP contribution < -0.4 is 5.43 Å². The Morgan fingerprint density at radius 3 is 1.88 bits per heavy atom. The minimum absolute atomic E-state index is 0.00751. The van der Waals surface area contributed by atoms with Gasteiger partial charge in [0.2, 0.25) is 5.91 Å². The minimum atomic E-state index is -1.78. The number of hydrogen-bond donors (Lipinski definition) is 1. The molecule has 1 aromatic rings. The maximum Gasteiger partial charge on any atom is 0.254 e. The van der Waals surface area contributed by atoms with Crippen molar-refractivity contribution in [2.24, 2.45) is 23.7 Å². The van der Waals surface area contributed by atoms with Gasteiger partial charge in [-0.1, -0.05) is 76.7 Å². The van der Waals surface area contributed by atoms with Crippen molar-refractivity contribution in [1.82, 2.24) is 10.4 Å². The van der Waals surface area contributed by atoms with Gasteiger partial charge in [0.05, 0.1) is 40.5 Å². The molecule has 1 saturated carbocycles. The molecule has 1 aromatic carbocycles. The molecule has 33 heavy (non-hydrogen) atoms. The van der Waals surface area contributed by atoms with Crippen molar-refractivity contribution in [1.29, 1.82) is 0 Å². The van der Waals surface area contributed by atoms with Crippen LogP contribution in [0.4, 0.5) is 0 Å². The Hall–Kier alpha value is -0.730. The third-order valence-electron chi connectivity index (χ3n) is 7.62. The van der Waals surface area contributed by atoms with Crippen LogP contribution in [0.25, 0.3) is 0 Å². The number of rotatable bonds is 3. The van der Waals surface area contributed by atoms with Gasteiger partial charge in [-0.2, -0.15) is 5.01 Å². The molecule has 8 atom stereocenters. The summed E-state index contributed by atoms with van der Waals surface area (Å²) in [6, 6.07) is 8.97. The zero-order valence-electron chi connectivity index (χ0n) is 16.4. The SMILES string of the molecule is O=C(Cc1ccccc1)NN1C(=O)[C@@H]2[C@H]3O[C@H]([C@@H]2C1=O)[C@@H]1[C@@H]3[C@]2(Cl)C(Cl)=C(Cl)[C@]1(Cl)C2(Cl)Cl. The highest BCUT2D eigenvalue weighted by Crippen LogP contribution is 2.81. The highest BCUT2D eigenvalue weighted by Gasteiger charge is 2.90. The maximum atomic E-state index is 13.3. The molecule has 174 valence electrons. The lowest BCUT2D eigenvalue weighted by Crippen LogP contribution is -2.50. The van der Waals surface area contributed by atoms with Crippen LogP contribution >= 0.6 is 69.6 Å². The number of alkyl halides is 4. The van der Waals surface area contributed by atoms with Crippen LogP contribution in [0.3, 0.4) is 0 Å². The lowest BCUT2D eigenvalue weighted by molar-refractivity contribution is -0.151. The number of fused-ring (bicyclic) bond motifs is 12. The summed E-state index contributed by atoms with van der Waals surface area (Å²) >= 11 is 40.1. The Kier molecular flexibility index (Phi) is 4.77. The highest BCUT2D eigenvalue weighted by atomic mass is 35.5. The molecule has 1 N–H and O–H groups in total. The summed E-state index contributed by atoms with van der Waals surface area (Å²) in [5.41, 5.74) is 3.18. The molecule has 3 heterocycles. The number of hydrogen-bond acceptors (Lipinski definition) is 4. The quantitative estimate of drug-likeness (QED) is 0.444. The van der Waals surface area contributed by atoms with Gasteiger partial charge in [0, 0.05) is 11.8 Å². The summed E-state index contributed by atoms with van der Waals surface area (Å²) in [6.07, 6.45) is -1.62. The molecular formula is C21H14Cl6N2O4. The van der Waals surface area contributed by atoms with Gasteiger partial charge >= 0.3 is 0 Å². The topological polar surface area (TPSA) is 75.7 Å². The smallest absolute Gasteiger partial charge is 0.254 e. The van der Waals surface area contributed by atoms with Crippen LogP contribution in [-0.4, -0.2) is 49.0 Å². The van der Waals surface area contributed by atoms with E-state index in [1.807, 2.05) is 6.07 Å². The number of carbonyl (C=O) groups excluding carboxylic acids is 3. The van der Waals surface area contributed by atoms with E-state index in [4.69, 9.17) is 74.3 Å². The predicted octanol–water partition coefficient (Wildman–Crippen LogP) is 3.72. The number of imide groups is 1. The van der Waals surface area contributed by atoms with E-state index in [1.165, 1.54) is 0 Å². The van der Waals surface area contributed by atoms with Gasteiger partial charge in [-0.25, -0.2) is 0 Å². The van der Waals surface area contributed by atoms with Crippen LogP contribution in [0.1, 0.15) is 5.56 Å². The standard InChI is InChI=1S/C21H14Cl6N2O4/c22-15-16(23)20(25)12-11(19(15,24)21(20,26)27)13-9-10(14(12)33-13)18(32)29(17(9)31)28-8(30)6-7-4-2-1-3-5-7/h1-5,9-14H,6H2,(H,28,30)/t9-,10+,11-,12-,13+,14+,19-,20-/m0/s1. The second kappa shape index (κ2) is 6.94. The highest BCUT2D eigenvalue weighted by molar-refractivity contribution is 6.65. The molecule has 12 heteroatoms. The lowest BCUT2D eigenvalue weighted by Gasteiger charge is -2.39. The number of halogens is 6. The number of amides is 3. The first-order valence-electron chi connectivity index (χ1n) is 10.2. The van der Waals surface area contributed by atoms with Gasteiger partial charge in [-0.15, -0.1) is 23.2 Å². The van der Waals surface area contributed by atoms with E-state index in [0.717, 1.165) is 10.6 Å².